The van der Waals surface area contributed by atoms with Gasteiger partial charge in [-0.25, -0.2) is 4.79 Å². The van der Waals surface area contributed by atoms with E-state index in [0.717, 1.165) is 4.57 Å². The molecular weight excluding hydrogens is 386 g/mol. The van der Waals surface area contributed by atoms with E-state index < -0.39 is 17.2 Å². The Labute approximate surface area is 161 Å². The number of amides is 1. The van der Waals surface area contributed by atoms with E-state index in [4.69, 9.17) is 9.47 Å². The number of nitrogens with zero attached hydrogens (tertiary/aromatic N) is 2. The lowest BCUT2D eigenvalue weighted by atomic mass is 10.1. The van der Waals surface area contributed by atoms with Gasteiger partial charge in [-0.1, -0.05) is 0 Å². The average molecular weight is 401 g/mol. The van der Waals surface area contributed by atoms with E-state index in [0.29, 0.717) is 21.7 Å². The molecule has 10 heteroatoms. The number of Topliss-reactive ketones (excluding diaryl/α,β-unsaturated/α-hetero) is 1. The summed E-state index contributed by atoms with van der Waals surface area (Å²) in [5.41, 5.74) is -0.0668. The lowest BCUT2D eigenvalue weighted by molar-refractivity contribution is -0.116. The SMILES string of the molecule is CC(=O)c1cc2c(cc1NC(=O)Cn1c(=O)n(C)c(=O)c3sccc31)OCO2. The van der Waals surface area contributed by atoms with Gasteiger partial charge in [0.1, 0.15) is 11.2 Å². The van der Waals surface area contributed by atoms with Crippen LogP contribution in [0.15, 0.2) is 33.2 Å². The zero-order valence-electron chi connectivity index (χ0n) is 15.0. The van der Waals surface area contributed by atoms with E-state index in [1.54, 1.807) is 11.4 Å². The second kappa shape index (κ2) is 6.64. The molecular formula is C18H15N3O6S. The molecule has 0 aliphatic carbocycles. The number of hydrogen-bond acceptors (Lipinski definition) is 7. The Bertz CT molecular complexity index is 1250. The Balaban J connectivity index is 1.69. The molecule has 1 N–H and O–H groups in total. The van der Waals surface area contributed by atoms with Gasteiger partial charge in [0.05, 0.1) is 11.2 Å². The van der Waals surface area contributed by atoms with Crippen LogP contribution in [0.1, 0.15) is 17.3 Å². The van der Waals surface area contributed by atoms with Crippen LogP contribution >= 0.6 is 11.3 Å². The van der Waals surface area contributed by atoms with Crippen LogP contribution in [-0.2, 0) is 18.4 Å². The predicted molar refractivity (Wildman–Crippen MR) is 103 cm³/mol. The first-order chi connectivity index (χ1) is 13.4. The summed E-state index contributed by atoms with van der Waals surface area (Å²) in [6.07, 6.45) is 0. The van der Waals surface area contributed by atoms with Gasteiger partial charge in [0.2, 0.25) is 12.7 Å². The van der Waals surface area contributed by atoms with Crippen molar-refractivity contribution in [3.63, 3.8) is 0 Å². The van der Waals surface area contributed by atoms with Gasteiger partial charge >= 0.3 is 5.69 Å². The van der Waals surface area contributed by atoms with Gasteiger partial charge in [-0.15, -0.1) is 11.3 Å². The van der Waals surface area contributed by atoms with Crippen LogP contribution in [-0.4, -0.2) is 27.6 Å². The van der Waals surface area contributed by atoms with E-state index in [1.165, 1.54) is 42.0 Å². The van der Waals surface area contributed by atoms with Gasteiger partial charge in [0.15, 0.2) is 17.3 Å². The van der Waals surface area contributed by atoms with Gasteiger partial charge < -0.3 is 14.8 Å². The maximum atomic E-state index is 12.6. The van der Waals surface area contributed by atoms with Crippen molar-refractivity contribution in [3.8, 4) is 11.5 Å². The van der Waals surface area contributed by atoms with Crippen LogP contribution in [0.4, 0.5) is 5.69 Å². The van der Waals surface area contributed by atoms with Crippen molar-refractivity contribution in [1.82, 2.24) is 9.13 Å². The Morgan fingerprint density at radius 1 is 1.21 bits per heavy atom. The zero-order chi connectivity index (χ0) is 20.0. The quantitative estimate of drug-likeness (QED) is 0.661. The molecule has 1 aliphatic rings. The Morgan fingerprint density at radius 2 is 1.93 bits per heavy atom. The number of aromatic nitrogens is 2. The molecule has 0 atom stereocenters. The number of thiophene rings is 1. The fourth-order valence-corrected chi connectivity index (χ4v) is 3.89. The number of anilines is 1. The third-order valence-corrected chi connectivity index (χ3v) is 5.31. The molecule has 2 aromatic heterocycles. The maximum Gasteiger partial charge on any atom is 0.331 e. The highest BCUT2D eigenvalue weighted by Crippen LogP contribution is 2.37. The molecule has 3 heterocycles. The number of nitrogens with one attached hydrogen (secondary N) is 1. The van der Waals surface area contributed by atoms with Crippen molar-refractivity contribution in [1.29, 1.82) is 0 Å². The lowest BCUT2D eigenvalue weighted by Crippen LogP contribution is -2.39. The standard InChI is InChI=1S/C18H15N3O6S/c1-9(22)10-5-13-14(27-8-26-13)6-11(10)19-15(23)7-21-12-3-4-28-16(12)17(24)20(2)18(21)25/h3-6H,7-8H2,1-2H3,(H,19,23). The summed E-state index contributed by atoms with van der Waals surface area (Å²) in [6, 6.07) is 4.65. The number of fused-ring (bicyclic) bond motifs is 2. The highest BCUT2D eigenvalue weighted by Gasteiger charge is 2.21. The van der Waals surface area contributed by atoms with Crippen molar-refractivity contribution in [2.45, 2.75) is 13.5 Å². The van der Waals surface area contributed by atoms with E-state index in [2.05, 4.69) is 5.32 Å². The zero-order valence-corrected chi connectivity index (χ0v) is 15.8. The van der Waals surface area contributed by atoms with Crippen molar-refractivity contribution in [2.75, 3.05) is 12.1 Å². The summed E-state index contributed by atoms with van der Waals surface area (Å²) in [4.78, 5) is 49.2. The Hall–Kier alpha value is -3.40. The van der Waals surface area contributed by atoms with Crippen molar-refractivity contribution in [3.05, 3.63) is 50.0 Å². The molecule has 0 spiro atoms. The highest BCUT2D eigenvalue weighted by atomic mass is 32.1. The minimum absolute atomic E-state index is 0.0354. The molecule has 9 nitrogen and oxygen atoms in total. The summed E-state index contributed by atoms with van der Waals surface area (Å²) in [7, 11) is 1.37. The van der Waals surface area contributed by atoms with Gasteiger partial charge in [-0.3, -0.25) is 23.5 Å². The Kier molecular flexibility index (Phi) is 4.27. The van der Waals surface area contributed by atoms with Crippen LogP contribution in [0.2, 0.25) is 0 Å². The highest BCUT2D eigenvalue weighted by molar-refractivity contribution is 7.17. The Morgan fingerprint density at radius 3 is 2.64 bits per heavy atom. The number of hydrogen-bond donors (Lipinski definition) is 1. The molecule has 0 unspecified atom stereocenters. The number of carbonyl (C=O) groups excluding carboxylic acids is 2. The summed E-state index contributed by atoms with van der Waals surface area (Å²) in [5.74, 6) is 0.0694. The topological polar surface area (TPSA) is 109 Å². The monoisotopic (exact) mass is 401 g/mol. The number of ketones is 1. The normalized spacial score (nSPS) is 12.4. The number of carbonyl (C=O) groups is 2. The number of rotatable bonds is 4. The van der Waals surface area contributed by atoms with Gasteiger partial charge in [-0.2, -0.15) is 0 Å². The molecule has 1 aliphatic heterocycles. The number of benzene rings is 1. The summed E-state index contributed by atoms with van der Waals surface area (Å²) < 4.78 is 13.1. The molecule has 1 amide bonds. The van der Waals surface area contributed by atoms with E-state index in [-0.39, 0.29) is 30.4 Å². The molecule has 0 radical (unpaired) electrons. The second-order valence-corrected chi connectivity index (χ2v) is 7.14. The molecule has 0 bridgehead atoms. The molecule has 144 valence electrons. The van der Waals surface area contributed by atoms with Crippen LogP contribution in [0.25, 0.3) is 10.2 Å². The summed E-state index contributed by atoms with van der Waals surface area (Å²) in [5, 5.41) is 4.34. The predicted octanol–water partition coefficient (Wildman–Crippen LogP) is 1.33. The first kappa shape index (κ1) is 18.0. The van der Waals surface area contributed by atoms with E-state index >= 15 is 0 Å². The van der Waals surface area contributed by atoms with Crippen LogP contribution < -0.4 is 26.0 Å². The lowest BCUT2D eigenvalue weighted by Gasteiger charge is -2.13. The van der Waals surface area contributed by atoms with Crippen molar-refractivity contribution >= 4 is 38.9 Å². The largest absolute Gasteiger partial charge is 0.454 e. The first-order valence-corrected chi connectivity index (χ1v) is 9.16. The van der Waals surface area contributed by atoms with Crippen LogP contribution in [0, 0.1) is 0 Å². The molecule has 1 aromatic carbocycles. The molecule has 0 fully saturated rings. The fraction of sp³-hybridized carbons (Fsp3) is 0.222. The van der Waals surface area contributed by atoms with Gasteiger partial charge in [0.25, 0.3) is 5.56 Å². The molecule has 0 saturated heterocycles. The minimum Gasteiger partial charge on any atom is -0.454 e. The first-order valence-electron chi connectivity index (χ1n) is 8.28. The maximum absolute atomic E-state index is 12.6. The van der Waals surface area contributed by atoms with Crippen LogP contribution in [0.3, 0.4) is 0 Å². The molecule has 0 saturated carbocycles. The van der Waals surface area contributed by atoms with Crippen molar-refractivity contribution in [2.24, 2.45) is 7.05 Å². The summed E-state index contributed by atoms with van der Waals surface area (Å²) in [6.45, 7) is 1.10. The third kappa shape index (κ3) is 2.87. The van der Waals surface area contributed by atoms with Gasteiger partial charge in [0, 0.05) is 18.7 Å². The average Bonchev–Trinajstić information content (AvgIpc) is 3.31. The third-order valence-electron chi connectivity index (χ3n) is 4.42. The van der Waals surface area contributed by atoms with Crippen molar-refractivity contribution < 1.29 is 19.1 Å². The molecule has 3 aromatic rings. The summed E-state index contributed by atoms with van der Waals surface area (Å²) >= 11 is 1.20. The smallest absolute Gasteiger partial charge is 0.331 e. The van der Waals surface area contributed by atoms with E-state index in [1.807, 2.05) is 0 Å². The fourth-order valence-electron chi connectivity index (χ4n) is 3.02. The minimum atomic E-state index is -0.594. The van der Waals surface area contributed by atoms with Crippen LogP contribution in [0.5, 0.6) is 11.5 Å². The van der Waals surface area contributed by atoms with E-state index in [9.17, 15) is 19.2 Å². The molecule has 4 rings (SSSR count). The molecule has 28 heavy (non-hydrogen) atoms. The second-order valence-electron chi connectivity index (χ2n) is 6.22. The van der Waals surface area contributed by atoms with Gasteiger partial charge in [-0.05, 0) is 24.4 Å². The number of ether oxygens (including phenoxy) is 2.